The SMILES string of the molecule is CC1OC(C)C(C(=O)Nc2cccc(C=O)c2)C1C. The maximum Gasteiger partial charge on any atom is 0.230 e. The van der Waals surface area contributed by atoms with Crippen molar-refractivity contribution in [2.45, 2.75) is 33.0 Å². The molecule has 0 bridgehead atoms. The monoisotopic (exact) mass is 261 g/mol. The van der Waals surface area contributed by atoms with Gasteiger partial charge in [0.25, 0.3) is 0 Å². The molecule has 0 saturated carbocycles. The molecule has 2 rings (SSSR count). The first-order chi connectivity index (χ1) is 9.02. The Morgan fingerprint density at radius 2 is 2.00 bits per heavy atom. The second-order valence-electron chi connectivity index (χ2n) is 5.16. The van der Waals surface area contributed by atoms with Crippen molar-refractivity contribution < 1.29 is 14.3 Å². The lowest BCUT2D eigenvalue weighted by molar-refractivity contribution is -0.121. The minimum absolute atomic E-state index is 0.0487. The van der Waals surface area contributed by atoms with E-state index in [1.54, 1.807) is 24.3 Å². The van der Waals surface area contributed by atoms with Crippen LogP contribution in [-0.2, 0) is 9.53 Å². The first kappa shape index (κ1) is 13.7. The van der Waals surface area contributed by atoms with Gasteiger partial charge in [-0.2, -0.15) is 0 Å². The van der Waals surface area contributed by atoms with Crippen LogP contribution in [0.4, 0.5) is 5.69 Å². The van der Waals surface area contributed by atoms with Gasteiger partial charge in [-0.05, 0) is 31.9 Å². The molecule has 1 aromatic rings. The van der Waals surface area contributed by atoms with E-state index in [0.29, 0.717) is 11.3 Å². The van der Waals surface area contributed by atoms with Crippen molar-refractivity contribution in [1.82, 2.24) is 0 Å². The summed E-state index contributed by atoms with van der Waals surface area (Å²) in [6.45, 7) is 5.94. The van der Waals surface area contributed by atoms with E-state index in [0.717, 1.165) is 6.29 Å². The van der Waals surface area contributed by atoms with E-state index in [9.17, 15) is 9.59 Å². The van der Waals surface area contributed by atoms with Crippen molar-refractivity contribution in [2.24, 2.45) is 11.8 Å². The van der Waals surface area contributed by atoms with Crippen LogP contribution >= 0.6 is 0 Å². The van der Waals surface area contributed by atoms with Crippen molar-refractivity contribution in [3.8, 4) is 0 Å². The molecule has 1 fully saturated rings. The second-order valence-corrected chi connectivity index (χ2v) is 5.16. The van der Waals surface area contributed by atoms with E-state index >= 15 is 0 Å². The summed E-state index contributed by atoms with van der Waals surface area (Å²) in [6, 6.07) is 6.90. The molecule has 4 heteroatoms. The highest BCUT2D eigenvalue weighted by Gasteiger charge is 2.41. The van der Waals surface area contributed by atoms with Crippen molar-refractivity contribution >= 4 is 17.9 Å². The van der Waals surface area contributed by atoms with E-state index in [1.165, 1.54) is 0 Å². The van der Waals surface area contributed by atoms with Crippen molar-refractivity contribution in [1.29, 1.82) is 0 Å². The van der Waals surface area contributed by atoms with Gasteiger partial charge in [-0.15, -0.1) is 0 Å². The lowest BCUT2D eigenvalue weighted by Crippen LogP contribution is -2.31. The molecule has 1 amide bonds. The number of ether oxygens (including phenoxy) is 1. The summed E-state index contributed by atoms with van der Waals surface area (Å²) in [5.74, 6) is -0.0217. The second kappa shape index (κ2) is 5.53. The number of anilines is 1. The van der Waals surface area contributed by atoms with Crippen LogP contribution in [0.15, 0.2) is 24.3 Å². The zero-order valence-electron chi connectivity index (χ0n) is 11.4. The number of hydrogen-bond acceptors (Lipinski definition) is 3. The Balaban J connectivity index is 2.10. The predicted octanol–water partition coefficient (Wildman–Crippen LogP) is 2.50. The molecular weight excluding hydrogens is 242 g/mol. The lowest BCUT2D eigenvalue weighted by atomic mass is 9.89. The van der Waals surface area contributed by atoms with E-state index in [-0.39, 0.29) is 30.0 Å². The van der Waals surface area contributed by atoms with Crippen LogP contribution in [0.2, 0.25) is 0 Å². The quantitative estimate of drug-likeness (QED) is 0.850. The first-order valence-corrected chi connectivity index (χ1v) is 6.54. The van der Waals surface area contributed by atoms with E-state index in [2.05, 4.69) is 5.32 Å². The van der Waals surface area contributed by atoms with Crippen LogP contribution in [0.1, 0.15) is 31.1 Å². The standard InChI is InChI=1S/C15H19NO3/c1-9-10(2)19-11(3)14(9)15(18)16-13-6-4-5-12(7-13)8-17/h4-11,14H,1-3H3,(H,16,18). The van der Waals surface area contributed by atoms with Gasteiger partial charge < -0.3 is 10.1 Å². The Hall–Kier alpha value is -1.68. The van der Waals surface area contributed by atoms with Gasteiger partial charge in [-0.1, -0.05) is 19.1 Å². The number of aldehydes is 1. The molecule has 1 saturated heterocycles. The number of amides is 1. The molecule has 4 atom stereocenters. The highest BCUT2D eigenvalue weighted by molar-refractivity contribution is 5.94. The van der Waals surface area contributed by atoms with Gasteiger partial charge in [0, 0.05) is 11.3 Å². The molecule has 4 nitrogen and oxygen atoms in total. The number of hydrogen-bond donors (Lipinski definition) is 1. The molecule has 0 aromatic heterocycles. The maximum atomic E-state index is 12.3. The van der Waals surface area contributed by atoms with Crippen LogP contribution in [0.3, 0.4) is 0 Å². The largest absolute Gasteiger partial charge is 0.374 e. The average Bonchev–Trinajstić information content (AvgIpc) is 2.63. The Morgan fingerprint density at radius 1 is 1.26 bits per heavy atom. The van der Waals surface area contributed by atoms with E-state index < -0.39 is 0 Å². The highest BCUT2D eigenvalue weighted by Crippen LogP contribution is 2.32. The molecule has 19 heavy (non-hydrogen) atoms. The van der Waals surface area contributed by atoms with Crippen LogP contribution in [0.25, 0.3) is 0 Å². The van der Waals surface area contributed by atoms with Crippen LogP contribution in [0.5, 0.6) is 0 Å². The minimum Gasteiger partial charge on any atom is -0.374 e. The van der Waals surface area contributed by atoms with Crippen LogP contribution < -0.4 is 5.32 Å². The Kier molecular flexibility index (Phi) is 4.00. The van der Waals surface area contributed by atoms with Crippen molar-refractivity contribution in [3.63, 3.8) is 0 Å². The molecule has 1 heterocycles. The minimum atomic E-state index is -0.158. The summed E-state index contributed by atoms with van der Waals surface area (Å²) in [5.41, 5.74) is 1.20. The van der Waals surface area contributed by atoms with Crippen molar-refractivity contribution in [3.05, 3.63) is 29.8 Å². The molecule has 102 valence electrons. The van der Waals surface area contributed by atoms with Gasteiger partial charge in [0.1, 0.15) is 6.29 Å². The Bertz CT molecular complexity index is 486. The maximum absolute atomic E-state index is 12.3. The molecule has 0 aliphatic carbocycles. The molecule has 1 aromatic carbocycles. The Labute approximate surface area is 113 Å². The molecular formula is C15H19NO3. The molecule has 0 radical (unpaired) electrons. The van der Waals surface area contributed by atoms with Gasteiger partial charge in [0.05, 0.1) is 18.1 Å². The number of benzene rings is 1. The predicted molar refractivity (Wildman–Crippen MR) is 73.1 cm³/mol. The lowest BCUT2D eigenvalue weighted by Gasteiger charge is -2.18. The summed E-state index contributed by atoms with van der Waals surface area (Å²) in [7, 11) is 0. The molecule has 1 aliphatic rings. The topological polar surface area (TPSA) is 55.4 Å². The van der Waals surface area contributed by atoms with Gasteiger partial charge in [0.15, 0.2) is 0 Å². The molecule has 4 unspecified atom stereocenters. The summed E-state index contributed by atoms with van der Waals surface area (Å²) < 4.78 is 5.67. The number of rotatable bonds is 3. The Morgan fingerprint density at radius 3 is 2.58 bits per heavy atom. The van der Waals surface area contributed by atoms with Gasteiger partial charge in [0.2, 0.25) is 5.91 Å². The molecule has 1 aliphatic heterocycles. The van der Waals surface area contributed by atoms with Crippen molar-refractivity contribution in [2.75, 3.05) is 5.32 Å². The summed E-state index contributed by atoms with van der Waals surface area (Å²) >= 11 is 0. The fraction of sp³-hybridized carbons (Fsp3) is 0.467. The average molecular weight is 261 g/mol. The van der Waals surface area contributed by atoms with Crippen LogP contribution in [-0.4, -0.2) is 24.4 Å². The first-order valence-electron chi connectivity index (χ1n) is 6.54. The third-order valence-electron chi connectivity index (χ3n) is 3.83. The summed E-state index contributed by atoms with van der Waals surface area (Å²) in [4.78, 5) is 23.0. The molecule has 0 spiro atoms. The third kappa shape index (κ3) is 2.84. The smallest absolute Gasteiger partial charge is 0.230 e. The zero-order chi connectivity index (χ0) is 14.0. The summed E-state index contributed by atoms with van der Waals surface area (Å²) in [6.07, 6.45) is 0.771. The fourth-order valence-electron chi connectivity index (χ4n) is 2.63. The fourth-order valence-corrected chi connectivity index (χ4v) is 2.63. The summed E-state index contributed by atoms with van der Waals surface area (Å²) in [5, 5.41) is 2.86. The van der Waals surface area contributed by atoms with Gasteiger partial charge in [-0.25, -0.2) is 0 Å². The van der Waals surface area contributed by atoms with E-state index in [4.69, 9.17) is 4.74 Å². The van der Waals surface area contributed by atoms with Gasteiger partial charge in [-0.3, -0.25) is 9.59 Å². The number of nitrogens with one attached hydrogen (secondary N) is 1. The van der Waals surface area contributed by atoms with Crippen LogP contribution in [0, 0.1) is 11.8 Å². The highest BCUT2D eigenvalue weighted by atomic mass is 16.5. The zero-order valence-corrected chi connectivity index (χ0v) is 11.4. The molecule has 1 N–H and O–H groups in total. The number of carbonyl (C=O) groups is 2. The normalized spacial score (nSPS) is 30.1. The van der Waals surface area contributed by atoms with Gasteiger partial charge >= 0.3 is 0 Å². The number of carbonyl (C=O) groups excluding carboxylic acids is 2. The van der Waals surface area contributed by atoms with E-state index in [1.807, 2.05) is 20.8 Å². The third-order valence-corrected chi connectivity index (χ3v) is 3.83.